The third-order valence-corrected chi connectivity index (χ3v) is 4.42. The van der Waals surface area contributed by atoms with Gasteiger partial charge in [0.15, 0.2) is 0 Å². The standard InChI is InChI=1S/C14H20BrN/c1-2-4-13(15)9-8-12-7-6-11-5-3-10-16-14(11)12/h3,5,10,12-13H,2,4,6-9H2,1H3. The maximum absolute atomic E-state index is 4.55. The van der Waals surface area contributed by atoms with Gasteiger partial charge in [-0.1, -0.05) is 35.3 Å². The van der Waals surface area contributed by atoms with E-state index in [9.17, 15) is 0 Å². The summed E-state index contributed by atoms with van der Waals surface area (Å²) in [6.07, 6.45) is 9.62. The molecule has 0 fully saturated rings. The third-order valence-electron chi connectivity index (χ3n) is 3.51. The highest BCUT2D eigenvalue weighted by Gasteiger charge is 2.23. The molecule has 2 atom stereocenters. The number of aryl methyl sites for hydroxylation is 1. The van der Waals surface area contributed by atoms with Gasteiger partial charge in [-0.2, -0.15) is 0 Å². The van der Waals surface area contributed by atoms with Crippen molar-refractivity contribution >= 4 is 15.9 Å². The van der Waals surface area contributed by atoms with Crippen LogP contribution in [-0.2, 0) is 6.42 Å². The minimum atomic E-state index is 0.699. The van der Waals surface area contributed by atoms with Crippen molar-refractivity contribution in [3.05, 3.63) is 29.6 Å². The average Bonchev–Trinajstić information content (AvgIpc) is 2.70. The topological polar surface area (TPSA) is 12.9 Å². The summed E-state index contributed by atoms with van der Waals surface area (Å²) in [4.78, 5) is 5.25. The van der Waals surface area contributed by atoms with Gasteiger partial charge in [0.1, 0.15) is 0 Å². The highest BCUT2D eigenvalue weighted by Crippen LogP contribution is 2.35. The van der Waals surface area contributed by atoms with E-state index in [0.29, 0.717) is 10.7 Å². The SMILES string of the molecule is CCCC(Br)CCC1CCc2cccnc21. The lowest BCUT2D eigenvalue weighted by molar-refractivity contribution is 0.555. The van der Waals surface area contributed by atoms with Crippen molar-refractivity contribution in [2.24, 2.45) is 0 Å². The number of pyridine rings is 1. The zero-order chi connectivity index (χ0) is 11.4. The summed E-state index contributed by atoms with van der Waals surface area (Å²) in [5.41, 5.74) is 2.85. The summed E-state index contributed by atoms with van der Waals surface area (Å²) in [5.74, 6) is 0.716. The molecule has 0 aliphatic heterocycles. The molecule has 16 heavy (non-hydrogen) atoms. The minimum Gasteiger partial charge on any atom is -0.261 e. The van der Waals surface area contributed by atoms with Crippen LogP contribution in [0, 0.1) is 0 Å². The van der Waals surface area contributed by atoms with Crippen molar-refractivity contribution in [2.45, 2.75) is 56.2 Å². The first-order valence-corrected chi connectivity index (χ1v) is 7.30. The van der Waals surface area contributed by atoms with E-state index < -0.39 is 0 Å². The van der Waals surface area contributed by atoms with Gasteiger partial charge < -0.3 is 0 Å². The zero-order valence-corrected chi connectivity index (χ0v) is 11.5. The van der Waals surface area contributed by atoms with Crippen LogP contribution in [0.4, 0.5) is 0 Å². The fraction of sp³-hybridized carbons (Fsp3) is 0.643. The molecule has 1 nitrogen and oxygen atoms in total. The van der Waals surface area contributed by atoms with Crippen molar-refractivity contribution < 1.29 is 0 Å². The molecule has 0 saturated heterocycles. The smallest absolute Gasteiger partial charge is 0.0466 e. The van der Waals surface area contributed by atoms with E-state index in [0.717, 1.165) is 0 Å². The maximum atomic E-state index is 4.55. The van der Waals surface area contributed by atoms with Gasteiger partial charge >= 0.3 is 0 Å². The molecule has 2 unspecified atom stereocenters. The zero-order valence-electron chi connectivity index (χ0n) is 9.95. The monoisotopic (exact) mass is 281 g/mol. The number of nitrogens with zero attached hydrogens (tertiary/aromatic N) is 1. The average molecular weight is 282 g/mol. The van der Waals surface area contributed by atoms with Crippen LogP contribution in [0.3, 0.4) is 0 Å². The lowest BCUT2D eigenvalue weighted by Gasteiger charge is -2.13. The molecule has 2 rings (SSSR count). The van der Waals surface area contributed by atoms with Crippen molar-refractivity contribution in [1.82, 2.24) is 4.98 Å². The number of rotatable bonds is 5. The summed E-state index contributed by atoms with van der Waals surface area (Å²) in [6.45, 7) is 2.25. The fourth-order valence-electron chi connectivity index (χ4n) is 2.62. The van der Waals surface area contributed by atoms with Crippen molar-refractivity contribution in [1.29, 1.82) is 0 Å². The Balaban J connectivity index is 1.88. The molecule has 2 heteroatoms. The molecule has 1 aliphatic rings. The van der Waals surface area contributed by atoms with E-state index in [4.69, 9.17) is 0 Å². The number of fused-ring (bicyclic) bond motifs is 1. The van der Waals surface area contributed by atoms with Crippen LogP contribution in [0.1, 0.15) is 56.2 Å². The van der Waals surface area contributed by atoms with Gasteiger partial charge in [-0.05, 0) is 43.7 Å². The second kappa shape index (κ2) is 5.81. The van der Waals surface area contributed by atoms with Gasteiger partial charge in [0.05, 0.1) is 0 Å². The molecule has 1 heterocycles. The van der Waals surface area contributed by atoms with Gasteiger partial charge in [0, 0.05) is 22.6 Å². The number of alkyl halides is 1. The van der Waals surface area contributed by atoms with Crippen LogP contribution in [0.25, 0.3) is 0 Å². The second-order valence-corrected chi connectivity index (χ2v) is 6.04. The van der Waals surface area contributed by atoms with Crippen LogP contribution in [0.15, 0.2) is 18.3 Å². The van der Waals surface area contributed by atoms with E-state index in [2.05, 4.69) is 40.0 Å². The Bertz CT molecular complexity index is 337. The molecular formula is C14H20BrN. The maximum Gasteiger partial charge on any atom is 0.0466 e. The van der Waals surface area contributed by atoms with E-state index in [1.807, 2.05) is 6.20 Å². The molecule has 0 bridgehead atoms. The lowest BCUT2D eigenvalue weighted by Crippen LogP contribution is -2.02. The summed E-state index contributed by atoms with van der Waals surface area (Å²) in [6, 6.07) is 4.30. The molecule has 1 aliphatic carbocycles. The Kier molecular flexibility index (Phi) is 4.39. The molecule has 0 N–H and O–H groups in total. The van der Waals surface area contributed by atoms with E-state index >= 15 is 0 Å². The molecule has 1 aromatic heterocycles. The van der Waals surface area contributed by atoms with Crippen molar-refractivity contribution in [3.8, 4) is 0 Å². The first-order valence-electron chi connectivity index (χ1n) is 6.39. The molecule has 0 spiro atoms. The van der Waals surface area contributed by atoms with E-state index in [-0.39, 0.29) is 0 Å². The Morgan fingerprint density at radius 3 is 3.19 bits per heavy atom. The van der Waals surface area contributed by atoms with Crippen LogP contribution >= 0.6 is 15.9 Å². The summed E-state index contributed by atoms with van der Waals surface area (Å²) >= 11 is 3.76. The predicted molar refractivity (Wildman–Crippen MR) is 72.2 cm³/mol. The van der Waals surface area contributed by atoms with Gasteiger partial charge in [-0.15, -0.1) is 0 Å². The molecular weight excluding hydrogens is 262 g/mol. The number of aromatic nitrogens is 1. The van der Waals surface area contributed by atoms with Crippen LogP contribution in [0.2, 0.25) is 0 Å². The summed E-state index contributed by atoms with van der Waals surface area (Å²) < 4.78 is 0. The Morgan fingerprint density at radius 1 is 1.50 bits per heavy atom. The molecule has 1 aromatic rings. The quantitative estimate of drug-likeness (QED) is 0.727. The lowest BCUT2D eigenvalue weighted by atomic mass is 9.98. The number of hydrogen-bond donors (Lipinski definition) is 0. The number of halogens is 1. The van der Waals surface area contributed by atoms with Crippen LogP contribution < -0.4 is 0 Å². The predicted octanol–water partition coefficient (Wildman–Crippen LogP) is 4.46. The first kappa shape index (κ1) is 12.1. The van der Waals surface area contributed by atoms with Gasteiger partial charge in [0.25, 0.3) is 0 Å². The van der Waals surface area contributed by atoms with Crippen LogP contribution in [-0.4, -0.2) is 9.81 Å². The van der Waals surface area contributed by atoms with Gasteiger partial charge in [-0.3, -0.25) is 4.98 Å². The van der Waals surface area contributed by atoms with Gasteiger partial charge in [-0.25, -0.2) is 0 Å². The summed E-state index contributed by atoms with van der Waals surface area (Å²) in [5, 5.41) is 0. The third kappa shape index (κ3) is 2.85. The first-order chi connectivity index (χ1) is 7.81. The minimum absolute atomic E-state index is 0.699. The Labute approximate surface area is 107 Å². The molecule has 88 valence electrons. The number of hydrogen-bond acceptors (Lipinski definition) is 1. The molecule has 0 aromatic carbocycles. The molecule has 0 radical (unpaired) electrons. The van der Waals surface area contributed by atoms with Gasteiger partial charge in [0.2, 0.25) is 0 Å². The van der Waals surface area contributed by atoms with E-state index in [1.165, 1.54) is 49.8 Å². The normalized spacial score (nSPS) is 20.8. The molecule has 0 amide bonds. The van der Waals surface area contributed by atoms with Crippen molar-refractivity contribution in [2.75, 3.05) is 0 Å². The second-order valence-electron chi connectivity index (χ2n) is 4.75. The summed E-state index contributed by atoms with van der Waals surface area (Å²) in [7, 11) is 0. The van der Waals surface area contributed by atoms with Crippen LogP contribution in [0.5, 0.6) is 0 Å². The molecule has 0 saturated carbocycles. The Morgan fingerprint density at radius 2 is 2.38 bits per heavy atom. The highest BCUT2D eigenvalue weighted by atomic mass is 79.9. The largest absolute Gasteiger partial charge is 0.261 e. The van der Waals surface area contributed by atoms with Crippen molar-refractivity contribution in [3.63, 3.8) is 0 Å². The van der Waals surface area contributed by atoms with E-state index in [1.54, 1.807) is 0 Å². The highest BCUT2D eigenvalue weighted by molar-refractivity contribution is 9.09. The fourth-order valence-corrected chi connectivity index (χ4v) is 3.34. The Hall–Kier alpha value is -0.370.